The van der Waals surface area contributed by atoms with Crippen molar-refractivity contribution >= 4 is 56.7 Å². The lowest BCUT2D eigenvalue weighted by atomic mass is 9.97. The lowest BCUT2D eigenvalue weighted by Gasteiger charge is -2.09. The zero-order chi connectivity index (χ0) is 18.8. The van der Waals surface area contributed by atoms with Gasteiger partial charge in [0.1, 0.15) is 4.83 Å². The quantitative estimate of drug-likeness (QED) is 0.387. The number of aryl methyl sites for hydroxylation is 3. The molecule has 27 heavy (non-hydrogen) atoms. The molecule has 0 amide bonds. The van der Waals surface area contributed by atoms with E-state index in [4.69, 9.17) is 16.6 Å². The molecule has 1 aliphatic rings. The number of nitrogens with one attached hydrogen (secondary N) is 1. The molecule has 3 nitrogen and oxygen atoms in total. The number of aromatic nitrogens is 2. The summed E-state index contributed by atoms with van der Waals surface area (Å²) in [5.41, 5.74) is 4.06. The second-order valence-electron chi connectivity index (χ2n) is 6.54. The molecule has 0 aliphatic heterocycles. The van der Waals surface area contributed by atoms with Crippen molar-refractivity contribution < 1.29 is 0 Å². The summed E-state index contributed by atoms with van der Waals surface area (Å²) in [5, 5.41) is 1.47. The van der Waals surface area contributed by atoms with Crippen LogP contribution in [-0.2, 0) is 12.8 Å². The Labute approximate surface area is 175 Å². The highest BCUT2D eigenvalue weighted by Gasteiger charge is 2.19. The molecular formula is C20H19ClN2OS3. The lowest BCUT2D eigenvalue weighted by Crippen LogP contribution is -2.11. The normalized spacial score (nSPS) is 14.5. The minimum Gasteiger partial charge on any atom is -0.301 e. The van der Waals surface area contributed by atoms with Crippen LogP contribution in [0.25, 0.3) is 10.2 Å². The van der Waals surface area contributed by atoms with E-state index in [-0.39, 0.29) is 5.56 Å². The van der Waals surface area contributed by atoms with Crippen molar-refractivity contribution in [2.45, 2.75) is 42.7 Å². The second-order valence-corrected chi connectivity index (χ2v) is 10.0. The lowest BCUT2D eigenvalue weighted by molar-refractivity contribution is 0.700. The van der Waals surface area contributed by atoms with Gasteiger partial charge in [-0.2, -0.15) is 0 Å². The van der Waals surface area contributed by atoms with E-state index in [1.165, 1.54) is 34.2 Å². The molecule has 0 spiro atoms. The minimum atomic E-state index is -0.00973. The van der Waals surface area contributed by atoms with E-state index in [9.17, 15) is 4.79 Å². The Bertz CT molecular complexity index is 1050. The molecule has 0 unspecified atom stereocenters. The van der Waals surface area contributed by atoms with Crippen LogP contribution in [0.4, 0.5) is 0 Å². The van der Waals surface area contributed by atoms with Crippen molar-refractivity contribution in [3.8, 4) is 0 Å². The Balaban J connectivity index is 1.51. The predicted molar refractivity (Wildman–Crippen MR) is 119 cm³/mol. The summed E-state index contributed by atoms with van der Waals surface area (Å²) >= 11 is 10.9. The molecule has 3 aromatic rings. The molecule has 7 heteroatoms. The van der Waals surface area contributed by atoms with Crippen molar-refractivity contribution in [2.24, 2.45) is 0 Å². The number of rotatable bonds is 5. The van der Waals surface area contributed by atoms with Gasteiger partial charge in [0.05, 0.1) is 5.39 Å². The SMILES string of the molecule is Cc1ccc(SC(=CCl)CSc2nc3sc4c(c3c(=O)[nH]2)CCCC4)cc1. The van der Waals surface area contributed by atoms with E-state index >= 15 is 0 Å². The molecule has 2 heterocycles. The fraction of sp³-hybridized carbons (Fsp3) is 0.300. The Morgan fingerprint density at radius 2 is 2.07 bits per heavy atom. The molecule has 0 radical (unpaired) electrons. The number of nitrogens with zero attached hydrogens (tertiary/aromatic N) is 1. The summed E-state index contributed by atoms with van der Waals surface area (Å²) in [7, 11) is 0. The number of hydrogen-bond donors (Lipinski definition) is 1. The summed E-state index contributed by atoms with van der Waals surface area (Å²) in [4.78, 5) is 24.7. The first-order valence-corrected chi connectivity index (χ1v) is 11.9. The summed E-state index contributed by atoms with van der Waals surface area (Å²) < 4.78 is 0. The molecule has 1 N–H and O–H groups in total. The van der Waals surface area contributed by atoms with Crippen LogP contribution in [0, 0.1) is 6.92 Å². The molecule has 0 saturated carbocycles. The van der Waals surface area contributed by atoms with Crippen molar-refractivity contribution in [3.63, 3.8) is 0 Å². The van der Waals surface area contributed by atoms with Crippen molar-refractivity contribution in [1.82, 2.24) is 9.97 Å². The molecule has 0 saturated heterocycles. The average Bonchev–Trinajstić information content (AvgIpc) is 3.05. The number of benzene rings is 1. The van der Waals surface area contributed by atoms with E-state index < -0.39 is 0 Å². The topological polar surface area (TPSA) is 45.8 Å². The van der Waals surface area contributed by atoms with E-state index in [0.717, 1.165) is 39.3 Å². The predicted octanol–water partition coefficient (Wildman–Crippen LogP) is 6.14. The van der Waals surface area contributed by atoms with Crippen LogP contribution in [0.15, 0.2) is 49.6 Å². The Kier molecular flexibility index (Phi) is 5.97. The molecule has 0 fully saturated rings. The second kappa shape index (κ2) is 8.43. The number of H-pyrrole nitrogens is 1. The number of aromatic amines is 1. The first-order chi connectivity index (χ1) is 13.1. The van der Waals surface area contributed by atoms with Crippen LogP contribution in [0.2, 0.25) is 0 Å². The standard InChI is InChI=1S/C20H19ClN2OS3/c1-12-6-8-13(9-7-12)26-14(10-21)11-25-20-22-18(24)17-15-4-2-3-5-16(15)27-19(17)23-20/h6-10H,2-5,11H2,1H3,(H,22,23,24). The van der Waals surface area contributed by atoms with Gasteiger partial charge in [-0.15, -0.1) is 11.3 Å². The third-order valence-corrected chi connectivity index (χ3v) is 8.26. The van der Waals surface area contributed by atoms with Gasteiger partial charge in [0.15, 0.2) is 5.16 Å². The van der Waals surface area contributed by atoms with Gasteiger partial charge in [-0.25, -0.2) is 4.98 Å². The number of halogens is 1. The van der Waals surface area contributed by atoms with E-state index in [1.54, 1.807) is 28.6 Å². The Hall–Kier alpha value is -1.21. The molecule has 2 aromatic heterocycles. The summed E-state index contributed by atoms with van der Waals surface area (Å²) in [5.74, 6) is 0.668. The highest BCUT2D eigenvalue weighted by Crippen LogP contribution is 2.35. The summed E-state index contributed by atoms with van der Waals surface area (Å²) in [6.45, 7) is 2.07. The maximum atomic E-state index is 12.6. The molecule has 1 aliphatic carbocycles. The molecular weight excluding hydrogens is 416 g/mol. The maximum absolute atomic E-state index is 12.6. The van der Waals surface area contributed by atoms with Gasteiger partial charge >= 0.3 is 0 Å². The monoisotopic (exact) mass is 434 g/mol. The van der Waals surface area contributed by atoms with Gasteiger partial charge in [0.2, 0.25) is 0 Å². The first kappa shape index (κ1) is 19.1. The van der Waals surface area contributed by atoms with Crippen LogP contribution in [0.3, 0.4) is 0 Å². The minimum absolute atomic E-state index is 0.00973. The average molecular weight is 435 g/mol. The van der Waals surface area contributed by atoms with Gasteiger partial charge in [-0.05, 0) is 50.3 Å². The van der Waals surface area contributed by atoms with Crippen LogP contribution >= 0.6 is 46.5 Å². The van der Waals surface area contributed by atoms with Crippen LogP contribution in [0.1, 0.15) is 28.8 Å². The van der Waals surface area contributed by atoms with E-state index in [1.807, 2.05) is 0 Å². The zero-order valence-electron chi connectivity index (χ0n) is 14.9. The van der Waals surface area contributed by atoms with Crippen LogP contribution in [-0.4, -0.2) is 15.7 Å². The van der Waals surface area contributed by atoms with Gasteiger partial charge in [0.25, 0.3) is 5.56 Å². The van der Waals surface area contributed by atoms with Crippen molar-refractivity contribution in [1.29, 1.82) is 0 Å². The third-order valence-electron chi connectivity index (χ3n) is 4.55. The van der Waals surface area contributed by atoms with Gasteiger partial charge in [-0.1, -0.05) is 52.8 Å². The Morgan fingerprint density at radius 3 is 2.85 bits per heavy atom. The van der Waals surface area contributed by atoms with Gasteiger partial charge < -0.3 is 4.98 Å². The van der Waals surface area contributed by atoms with E-state index in [0.29, 0.717) is 10.9 Å². The zero-order valence-corrected chi connectivity index (χ0v) is 18.1. The largest absolute Gasteiger partial charge is 0.301 e. The van der Waals surface area contributed by atoms with Crippen molar-refractivity contribution in [3.05, 3.63) is 61.1 Å². The van der Waals surface area contributed by atoms with Gasteiger partial charge in [-0.3, -0.25) is 4.79 Å². The Morgan fingerprint density at radius 1 is 1.30 bits per heavy atom. The molecule has 0 bridgehead atoms. The molecule has 1 aromatic carbocycles. The molecule has 4 rings (SSSR count). The fourth-order valence-electron chi connectivity index (χ4n) is 3.19. The number of thioether (sulfide) groups is 2. The highest BCUT2D eigenvalue weighted by molar-refractivity contribution is 8.05. The third kappa shape index (κ3) is 4.29. The van der Waals surface area contributed by atoms with E-state index in [2.05, 4.69) is 36.2 Å². The maximum Gasteiger partial charge on any atom is 0.260 e. The highest BCUT2D eigenvalue weighted by atomic mass is 35.5. The first-order valence-electron chi connectivity index (χ1n) is 8.85. The summed E-state index contributed by atoms with van der Waals surface area (Å²) in [6.07, 6.45) is 4.44. The smallest absolute Gasteiger partial charge is 0.260 e. The fourth-order valence-corrected chi connectivity index (χ4v) is 6.53. The summed E-state index contributed by atoms with van der Waals surface area (Å²) in [6, 6.07) is 8.36. The number of fused-ring (bicyclic) bond motifs is 3. The van der Waals surface area contributed by atoms with Crippen molar-refractivity contribution in [2.75, 3.05) is 5.75 Å². The molecule has 140 valence electrons. The number of thiophene rings is 1. The van der Waals surface area contributed by atoms with Crippen LogP contribution in [0.5, 0.6) is 0 Å². The number of hydrogen-bond acceptors (Lipinski definition) is 5. The van der Waals surface area contributed by atoms with Gasteiger partial charge in [0, 0.05) is 26.0 Å². The van der Waals surface area contributed by atoms with Crippen LogP contribution < -0.4 is 5.56 Å². The molecule has 0 atom stereocenters.